The molecule has 1 aromatic heterocycles. The number of aryl methyl sites for hydroxylation is 1. The van der Waals surface area contributed by atoms with Crippen LogP contribution in [0.5, 0.6) is 5.75 Å². The number of nitrogens with zero attached hydrogens (tertiary/aromatic N) is 3. The van der Waals surface area contributed by atoms with E-state index in [4.69, 9.17) is 4.74 Å². The molecule has 1 aromatic carbocycles. The summed E-state index contributed by atoms with van der Waals surface area (Å²) in [7, 11) is 1.67. The minimum atomic E-state index is 0.162. The molecule has 0 N–H and O–H groups in total. The largest absolute Gasteiger partial charge is 0.497 e. The second-order valence-corrected chi connectivity index (χ2v) is 7.92. The van der Waals surface area contributed by atoms with Crippen LogP contribution >= 0.6 is 0 Å². The van der Waals surface area contributed by atoms with E-state index in [1.807, 2.05) is 28.6 Å². The molecule has 1 aliphatic heterocycles. The van der Waals surface area contributed by atoms with Gasteiger partial charge in [-0.05, 0) is 50.3 Å². The highest BCUT2D eigenvalue weighted by Gasteiger charge is 2.30. The molecule has 3 rings (SSSR count). The summed E-state index contributed by atoms with van der Waals surface area (Å²) >= 11 is 0. The Hall–Kier alpha value is -2.30. The lowest BCUT2D eigenvalue weighted by atomic mass is 10.0. The normalized spacial score (nSPS) is 17.0. The Kier molecular flexibility index (Phi) is 5.88. The second kappa shape index (κ2) is 8.15. The van der Waals surface area contributed by atoms with Crippen LogP contribution in [0.2, 0.25) is 0 Å². The van der Waals surface area contributed by atoms with E-state index >= 15 is 0 Å². The van der Waals surface area contributed by atoms with Crippen molar-refractivity contribution in [2.75, 3.05) is 13.7 Å². The molecule has 5 heteroatoms. The lowest BCUT2D eigenvalue weighted by molar-refractivity contribution is -0.131. The van der Waals surface area contributed by atoms with Crippen LogP contribution in [0.3, 0.4) is 0 Å². The third kappa shape index (κ3) is 4.18. The Bertz CT molecular complexity index is 793. The van der Waals surface area contributed by atoms with Gasteiger partial charge >= 0.3 is 0 Å². The van der Waals surface area contributed by atoms with Crippen molar-refractivity contribution in [1.82, 2.24) is 14.7 Å². The topological polar surface area (TPSA) is 47.4 Å². The van der Waals surface area contributed by atoms with Gasteiger partial charge in [0.05, 0.1) is 25.3 Å². The summed E-state index contributed by atoms with van der Waals surface area (Å²) in [6, 6.07) is 8.26. The van der Waals surface area contributed by atoms with E-state index < -0.39 is 0 Å². The zero-order valence-corrected chi connectivity index (χ0v) is 17.2. The van der Waals surface area contributed by atoms with E-state index in [9.17, 15) is 4.79 Å². The summed E-state index contributed by atoms with van der Waals surface area (Å²) in [4.78, 5) is 15.2. The minimum absolute atomic E-state index is 0.162. The smallest absolute Gasteiger partial charge is 0.227 e. The van der Waals surface area contributed by atoms with Crippen molar-refractivity contribution in [3.8, 4) is 5.75 Å². The summed E-state index contributed by atoms with van der Waals surface area (Å²) in [5.41, 5.74) is 4.36. The zero-order valence-electron chi connectivity index (χ0n) is 17.2. The van der Waals surface area contributed by atoms with Crippen molar-refractivity contribution in [1.29, 1.82) is 0 Å². The van der Waals surface area contributed by atoms with Crippen molar-refractivity contribution in [3.05, 3.63) is 46.8 Å². The number of carbonyl (C=O) groups excluding carboxylic acids is 1. The average Bonchev–Trinajstić information content (AvgIpc) is 3.22. The van der Waals surface area contributed by atoms with Crippen LogP contribution in [0.25, 0.3) is 0 Å². The Morgan fingerprint density at radius 3 is 2.59 bits per heavy atom. The molecule has 1 saturated heterocycles. The van der Waals surface area contributed by atoms with Crippen LogP contribution in [0, 0.1) is 19.8 Å². The Labute approximate surface area is 162 Å². The number of rotatable bonds is 6. The molecule has 0 unspecified atom stereocenters. The first-order chi connectivity index (χ1) is 12.9. The lowest BCUT2D eigenvalue weighted by Crippen LogP contribution is -2.32. The van der Waals surface area contributed by atoms with Gasteiger partial charge in [0.2, 0.25) is 5.91 Å². The van der Waals surface area contributed by atoms with E-state index in [0.29, 0.717) is 12.3 Å². The third-order valence-electron chi connectivity index (χ3n) is 5.47. The van der Waals surface area contributed by atoms with E-state index in [1.54, 1.807) is 7.11 Å². The molecule has 146 valence electrons. The van der Waals surface area contributed by atoms with Gasteiger partial charge in [-0.2, -0.15) is 5.10 Å². The third-order valence-corrected chi connectivity index (χ3v) is 5.47. The molecule has 0 aliphatic carbocycles. The van der Waals surface area contributed by atoms with Gasteiger partial charge in [0, 0.05) is 24.3 Å². The van der Waals surface area contributed by atoms with E-state index in [0.717, 1.165) is 48.6 Å². The highest BCUT2D eigenvalue weighted by atomic mass is 16.5. The number of amides is 1. The number of methoxy groups -OCH3 is 1. The van der Waals surface area contributed by atoms with Crippen molar-refractivity contribution in [2.24, 2.45) is 5.92 Å². The highest BCUT2D eigenvalue weighted by molar-refractivity contribution is 5.80. The predicted molar refractivity (Wildman–Crippen MR) is 107 cm³/mol. The molecule has 1 atom stereocenters. The minimum Gasteiger partial charge on any atom is -0.497 e. The Morgan fingerprint density at radius 1 is 1.26 bits per heavy atom. The van der Waals surface area contributed by atoms with Crippen molar-refractivity contribution in [2.45, 2.75) is 59.5 Å². The second-order valence-electron chi connectivity index (χ2n) is 7.92. The van der Waals surface area contributed by atoms with Gasteiger partial charge < -0.3 is 9.64 Å². The predicted octanol–water partition coefficient (Wildman–Crippen LogP) is 4.07. The van der Waals surface area contributed by atoms with Gasteiger partial charge in [0.25, 0.3) is 0 Å². The average molecular weight is 370 g/mol. The van der Waals surface area contributed by atoms with Gasteiger partial charge in [-0.3, -0.25) is 9.48 Å². The van der Waals surface area contributed by atoms with Gasteiger partial charge in [-0.15, -0.1) is 0 Å². The maximum absolute atomic E-state index is 13.1. The van der Waals surface area contributed by atoms with E-state index in [1.165, 1.54) is 5.56 Å². The molecule has 2 aromatic rings. The quantitative estimate of drug-likeness (QED) is 0.771. The van der Waals surface area contributed by atoms with Crippen molar-refractivity contribution in [3.63, 3.8) is 0 Å². The zero-order chi connectivity index (χ0) is 19.6. The van der Waals surface area contributed by atoms with E-state index in [2.05, 4.69) is 38.0 Å². The molecular weight excluding hydrogens is 338 g/mol. The van der Waals surface area contributed by atoms with Crippen molar-refractivity contribution >= 4 is 5.91 Å². The summed E-state index contributed by atoms with van der Waals surface area (Å²) in [5, 5.41) is 4.66. The first kappa shape index (κ1) is 19.5. The molecular formula is C22H31N3O2. The lowest BCUT2D eigenvalue weighted by Gasteiger charge is -2.25. The van der Waals surface area contributed by atoms with Crippen molar-refractivity contribution < 1.29 is 9.53 Å². The number of likely N-dealkylation sites (tertiary alicyclic amines) is 1. The SMILES string of the molecule is COc1ccc([C@H]2CCCN2C(=O)Cc2c(C)nn(CC(C)C)c2C)cc1. The van der Waals surface area contributed by atoms with Crippen LogP contribution in [-0.2, 0) is 17.8 Å². The fourth-order valence-corrected chi connectivity index (χ4v) is 4.00. The fourth-order valence-electron chi connectivity index (χ4n) is 4.00. The van der Waals surface area contributed by atoms with Crippen LogP contribution < -0.4 is 4.74 Å². The van der Waals surface area contributed by atoms with Crippen LogP contribution in [0.15, 0.2) is 24.3 Å². The standard InChI is InChI=1S/C22H31N3O2/c1-15(2)14-25-17(4)20(16(3)23-25)13-22(26)24-12-6-7-21(24)18-8-10-19(27-5)11-9-18/h8-11,15,21H,6-7,12-14H2,1-5H3/t21-/m1/s1. The fraction of sp³-hybridized carbons (Fsp3) is 0.545. The van der Waals surface area contributed by atoms with Crippen LogP contribution in [0.4, 0.5) is 0 Å². The molecule has 27 heavy (non-hydrogen) atoms. The van der Waals surface area contributed by atoms with Crippen LogP contribution in [-0.4, -0.2) is 34.2 Å². The van der Waals surface area contributed by atoms with E-state index in [-0.39, 0.29) is 11.9 Å². The number of hydrogen-bond acceptors (Lipinski definition) is 3. The highest BCUT2D eigenvalue weighted by Crippen LogP contribution is 2.33. The number of ether oxygens (including phenoxy) is 1. The number of benzene rings is 1. The summed E-state index contributed by atoms with van der Waals surface area (Å²) in [6.07, 6.45) is 2.50. The molecule has 5 nitrogen and oxygen atoms in total. The maximum atomic E-state index is 13.1. The number of aromatic nitrogens is 2. The number of carbonyl (C=O) groups is 1. The molecule has 0 saturated carbocycles. The molecule has 1 aliphatic rings. The first-order valence-corrected chi connectivity index (χ1v) is 9.87. The Morgan fingerprint density at radius 2 is 1.96 bits per heavy atom. The molecule has 0 bridgehead atoms. The molecule has 1 amide bonds. The molecule has 0 spiro atoms. The summed E-state index contributed by atoms with van der Waals surface area (Å²) in [6.45, 7) is 10.2. The Balaban J connectivity index is 1.76. The summed E-state index contributed by atoms with van der Waals surface area (Å²) in [5.74, 6) is 1.58. The monoisotopic (exact) mass is 369 g/mol. The first-order valence-electron chi connectivity index (χ1n) is 9.87. The molecule has 2 heterocycles. The maximum Gasteiger partial charge on any atom is 0.227 e. The van der Waals surface area contributed by atoms with Gasteiger partial charge in [-0.25, -0.2) is 0 Å². The van der Waals surface area contributed by atoms with Gasteiger partial charge in [-0.1, -0.05) is 26.0 Å². The number of hydrogen-bond donors (Lipinski definition) is 0. The van der Waals surface area contributed by atoms with Crippen LogP contribution in [0.1, 0.15) is 55.2 Å². The molecule has 1 fully saturated rings. The van der Waals surface area contributed by atoms with Gasteiger partial charge in [0.1, 0.15) is 5.75 Å². The molecule has 0 radical (unpaired) electrons. The van der Waals surface area contributed by atoms with Gasteiger partial charge in [0.15, 0.2) is 0 Å². The summed E-state index contributed by atoms with van der Waals surface area (Å²) < 4.78 is 7.30.